The molecular formula is C13H21N3O2S. The second-order valence-electron chi connectivity index (χ2n) is 6.22. The minimum absolute atomic E-state index is 0.0178. The molecule has 1 saturated heterocycles. The van der Waals surface area contributed by atoms with Crippen LogP contribution in [-0.4, -0.2) is 44.7 Å². The standard InChI is InChI=1S/C13H21N3O2S/c1-8-5-6-16(9(8)7-17)12(18)10-11(13(2,3)4)14-15-19-10/h8-9,17H,5-7H2,1-4H3. The molecule has 2 atom stereocenters. The monoisotopic (exact) mass is 283 g/mol. The van der Waals surface area contributed by atoms with Gasteiger partial charge >= 0.3 is 0 Å². The summed E-state index contributed by atoms with van der Waals surface area (Å²) >= 11 is 1.15. The van der Waals surface area contributed by atoms with E-state index in [0.717, 1.165) is 23.6 Å². The highest BCUT2D eigenvalue weighted by Crippen LogP contribution is 2.30. The Balaban J connectivity index is 2.28. The number of hydrogen-bond acceptors (Lipinski definition) is 5. The van der Waals surface area contributed by atoms with Gasteiger partial charge in [-0.3, -0.25) is 4.79 Å². The SMILES string of the molecule is CC1CCN(C(=O)c2snnc2C(C)(C)C)C1CO. The maximum Gasteiger partial charge on any atom is 0.267 e. The van der Waals surface area contributed by atoms with E-state index in [1.807, 2.05) is 20.8 Å². The fraction of sp³-hybridized carbons (Fsp3) is 0.769. The number of likely N-dealkylation sites (tertiary alicyclic amines) is 1. The van der Waals surface area contributed by atoms with E-state index in [0.29, 0.717) is 17.3 Å². The molecule has 1 aliphatic rings. The third-order valence-corrected chi connectivity index (χ3v) is 4.44. The van der Waals surface area contributed by atoms with E-state index < -0.39 is 0 Å². The van der Waals surface area contributed by atoms with E-state index in [1.54, 1.807) is 4.90 Å². The van der Waals surface area contributed by atoms with Crippen molar-refractivity contribution in [3.63, 3.8) is 0 Å². The Morgan fingerprint density at radius 3 is 2.79 bits per heavy atom. The van der Waals surface area contributed by atoms with E-state index in [4.69, 9.17) is 0 Å². The predicted octanol–water partition coefficient (Wildman–Crippen LogP) is 1.68. The Labute approximate surface area is 117 Å². The number of amides is 1. The lowest BCUT2D eigenvalue weighted by atomic mass is 9.91. The lowest BCUT2D eigenvalue weighted by molar-refractivity contribution is 0.0650. The van der Waals surface area contributed by atoms with Gasteiger partial charge in [-0.15, -0.1) is 5.10 Å². The molecule has 1 fully saturated rings. The van der Waals surface area contributed by atoms with Crippen LogP contribution in [-0.2, 0) is 5.41 Å². The van der Waals surface area contributed by atoms with Crippen molar-refractivity contribution in [1.29, 1.82) is 0 Å². The highest BCUT2D eigenvalue weighted by molar-refractivity contribution is 7.08. The number of hydrogen-bond donors (Lipinski definition) is 1. The van der Waals surface area contributed by atoms with E-state index in [1.165, 1.54) is 0 Å². The van der Waals surface area contributed by atoms with Gasteiger partial charge < -0.3 is 10.0 Å². The van der Waals surface area contributed by atoms with E-state index >= 15 is 0 Å². The van der Waals surface area contributed by atoms with Crippen LogP contribution in [0.2, 0.25) is 0 Å². The van der Waals surface area contributed by atoms with Crippen LogP contribution >= 0.6 is 11.5 Å². The average Bonchev–Trinajstić information content (AvgIpc) is 2.93. The number of carbonyl (C=O) groups is 1. The van der Waals surface area contributed by atoms with Gasteiger partial charge in [0.25, 0.3) is 5.91 Å². The van der Waals surface area contributed by atoms with Crippen LogP contribution in [0.15, 0.2) is 0 Å². The second kappa shape index (κ2) is 5.17. The molecule has 1 aromatic rings. The first-order valence-electron chi connectivity index (χ1n) is 6.61. The fourth-order valence-electron chi connectivity index (χ4n) is 2.49. The summed E-state index contributed by atoms with van der Waals surface area (Å²) in [6.07, 6.45) is 0.939. The Morgan fingerprint density at radius 2 is 2.21 bits per heavy atom. The highest BCUT2D eigenvalue weighted by atomic mass is 32.1. The van der Waals surface area contributed by atoms with Crippen LogP contribution in [0.25, 0.3) is 0 Å². The number of aromatic nitrogens is 2. The zero-order valence-corrected chi connectivity index (χ0v) is 12.7. The summed E-state index contributed by atoms with van der Waals surface area (Å²) in [6, 6.07) is -0.0811. The van der Waals surface area contributed by atoms with Gasteiger partial charge in [-0.2, -0.15) is 0 Å². The highest BCUT2D eigenvalue weighted by Gasteiger charge is 2.37. The zero-order valence-electron chi connectivity index (χ0n) is 11.9. The van der Waals surface area contributed by atoms with Crippen LogP contribution in [0.3, 0.4) is 0 Å². The van der Waals surface area contributed by atoms with Gasteiger partial charge in [0.05, 0.1) is 18.3 Å². The molecule has 19 heavy (non-hydrogen) atoms. The summed E-state index contributed by atoms with van der Waals surface area (Å²) in [5.74, 6) is 0.302. The molecule has 2 unspecified atom stereocenters. The summed E-state index contributed by atoms with van der Waals surface area (Å²) in [6.45, 7) is 8.87. The summed E-state index contributed by atoms with van der Waals surface area (Å²) in [5.41, 5.74) is 0.552. The Bertz CT molecular complexity index is 467. The Kier molecular flexibility index (Phi) is 3.92. The minimum atomic E-state index is -0.196. The lowest BCUT2D eigenvalue weighted by Gasteiger charge is -2.26. The molecule has 106 valence electrons. The van der Waals surface area contributed by atoms with Crippen LogP contribution in [0.1, 0.15) is 49.5 Å². The van der Waals surface area contributed by atoms with Gasteiger partial charge in [0.1, 0.15) is 4.88 Å². The molecule has 2 heterocycles. The molecule has 0 aromatic carbocycles. The smallest absolute Gasteiger partial charge is 0.267 e. The molecule has 2 rings (SSSR count). The third-order valence-electron chi connectivity index (χ3n) is 3.72. The molecule has 0 aliphatic carbocycles. The van der Waals surface area contributed by atoms with Gasteiger partial charge in [-0.05, 0) is 23.9 Å². The van der Waals surface area contributed by atoms with Crippen LogP contribution < -0.4 is 0 Å². The van der Waals surface area contributed by atoms with Gasteiger partial charge in [-0.25, -0.2) is 0 Å². The summed E-state index contributed by atoms with van der Waals surface area (Å²) in [7, 11) is 0. The van der Waals surface area contributed by atoms with Crippen LogP contribution in [0.5, 0.6) is 0 Å². The molecule has 0 spiro atoms. The van der Waals surface area contributed by atoms with E-state index in [2.05, 4.69) is 16.5 Å². The van der Waals surface area contributed by atoms with Crippen molar-refractivity contribution < 1.29 is 9.90 Å². The Hall–Kier alpha value is -1.01. The lowest BCUT2D eigenvalue weighted by Crippen LogP contribution is -2.40. The van der Waals surface area contributed by atoms with Crippen molar-refractivity contribution in [1.82, 2.24) is 14.5 Å². The second-order valence-corrected chi connectivity index (χ2v) is 6.97. The van der Waals surface area contributed by atoms with Gasteiger partial charge in [0.15, 0.2) is 0 Å². The number of nitrogens with zero attached hydrogens (tertiary/aromatic N) is 3. The zero-order chi connectivity index (χ0) is 14.2. The van der Waals surface area contributed by atoms with Crippen molar-refractivity contribution in [2.45, 2.75) is 45.6 Å². The quantitative estimate of drug-likeness (QED) is 0.896. The maximum atomic E-state index is 12.6. The fourth-order valence-corrected chi connectivity index (χ4v) is 3.32. The number of aliphatic hydroxyl groups is 1. The van der Waals surface area contributed by atoms with Crippen molar-refractivity contribution in [2.24, 2.45) is 5.92 Å². The first kappa shape index (κ1) is 14.4. The van der Waals surface area contributed by atoms with Crippen molar-refractivity contribution in [3.05, 3.63) is 10.6 Å². The summed E-state index contributed by atoms with van der Waals surface area (Å²) in [4.78, 5) is 15.0. The molecule has 0 radical (unpaired) electrons. The van der Waals surface area contributed by atoms with Crippen molar-refractivity contribution in [2.75, 3.05) is 13.2 Å². The Morgan fingerprint density at radius 1 is 1.53 bits per heavy atom. The molecule has 6 heteroatoms. The van der Waals surface area contributed by atoms with Gasteiger partial charge in [0, 0.05) is 12.0 Å². The first-order valence-corrected chi connectivity index (χ1v) is 7.38. The van der Waals surface area contributed by atoms with Crippen LogP contribution in [0.4, 0.5) is 0 Å². The van der Waals surface area contributed by atoms with E-state index in [-0.39, 0.29) is 24.0 Å². The topological polar surface area (TPSA) is 66.3 Å². The molecular weight excluding hydrogens is 262 g/mol. The van der Waals surface area contributed by atoms with Crippen molar-refractivity contribution >= 4 is 17.4 Å². The van der Waals surface area contributed by atoms with E-state index in [9.17, 15) is 9.90 Å². The van der Waals surface area contributed by atoms with Gasteiger partial charge in [-0.1, -0.05) is 32.2 Å². The first-order chi connectivity index (χ1) is 8.86. The predicted molar refractivity (Wildman–Crippen MR) is 74.3 cm³/mol. The number of rotatable bonds is 2. The molecule has 1 amide bonds. The van der Waals surface area contributed by atoms with Crippen molar-refractivity contribution in [3.8, 4) is 0 Å². The largest absolute Gasteiger partial charge is 0.394 e. The molecule has 1 N–H and O–H groups in total. The number of carbonyl (C=O) groups excluding carboxylic acids is 1. The minimum Gasteiger partial charge on any atom is -0.394 e. The summed E-state index contributed by atoms with van der Waals surface area (Å²) in [5, 5.41) is 13.6. The summed E-state index contributed by atoms with van der Waals surface area (Å²) < 4.78 is 3.93. The molecule has 0 saturated carbocycles. The molecule has 5 nitrogen and oxygen atoms in total. The van der Waals surface area contributed by atoms with Crippen LogP contribution in [0, 0.1) is 5.92 Å². The normalized spacial score (nSPS) is 23.9. The maximum absolute atomic E-state index is 12.6. The molecule has 1 aromatic heterocycles. The van der Waals surface area contributed by atoms with Gasteiger partial charge in [0.2, 0.25) is 0 Å². The molecule has 1 aliphatic heterocycles. The molecule has 0 bridgehead atoms. The average molecular weight is 283 g/mol. The number of aliphatic hydroxyl groups excluding tert-OH is 1. The third kappa shape index (κ3) is 2.65.